The molecular weight excluding hydrogens is 256 g/mol. The predicted molar refractivity (Wildman–Crippen MR) is 63.1 cm³/mol. The average molecular weight is 268 g/mol. The van der Waals surface area contributed by atoms with Gasteiger partial charge in [-0.25, -0.2) is 8.42 Å². The molecule has 1 heterocycles. The lowest BCUT2D eigenvalue weighted by atomic mass is 10.2. The summed E-state index contributed by atoms with van der Waals surface area (Å²) in [7, 11) is -3.80. The van der Waals surface area contributed by atoms with Gasteiger partial charge in [-0.15, -0.1) is 0 Å². The van der Waals surface area contributed by atoms with Gasteiger partial charge in [0.25, 0.3) is 0 Å². The molecule has 0 radical (unpaired) electrons. The van der Waals surface area contributed by atoms with E-state index in [2.05, 4.69) is 5.32 Å². The molecule has 1 aliphatic rings. The minimum Gasteiger partial charge on any atom is -0.294 e. The van der Waals surface area contributed by atoms with Crippen LogP contribution in [0.1, 0.15) is 5.56 Å². The highest BCUT2D eigenvalue weighted by Crippen LogP contribution is 2.17. The van der Waals surface area contributed by atoms with Crippen molar-refractivity contribution in [3.63, 3.8) is 0 Å². The van der Waals surface area contributed by atoms with Crippen LogP contribution in [-0.2, 0) is 19.6 Å². The quantitative estimate of drug-likeness (QED) is 0.743. The summed E-state index contributed by atoms with van der Waals surface area (Å²) in [4.78, 5) is 22.5. The van der Waals surface area contributed by atoms with Gasteiger partial charge in [0.15, 0.2) is 0 Å². The Bertz CT molecular complexity index is 593. The number of carbonyl (C=O) groups is 2. The monoisotopic (exact) mass is 268 g/mol. The number of benzene rings is 1. The fourth-order valence-corrected chi connectivity index (χ4v) is 3.16. The number of aryl methyl sites for hydroxylation is 1. The Balaban J connectivity index is 2.37. The largest absolute Gasteiger partial charge is 0.294 e. The molecule has 1 N–H and O–H groups in total. The SMILES string of the molecule is Cc1cccc(S(=O)(=O)N2CC(=O)NC(=O)C2)c1. The minimum atomic E-state index is -3.80. The van der Waals surface area contributed by atoms with Gasteiger partial charge in [0, 0.05) is 0 Å². The Morgan fingerprint density at radius 2 is 1.78 bits per heavy atom. The van der Waals surface area contributed by atoms with E-state index >= 15 is 0 Å². The molecule has 2 rings (SSSR count). The number of hydrogen-bond acceptors (Lipinski definition) is 4. The van der Waals surface area contributed by atoms with Gasteiger partial charge in [-0.3, -0.25) is 14.9 Å². The average Bonchev–Trinajstić information content (AvgIpc) is 2.27. The van der Waals surface area contributed by atoms with E-state index in [0.29, 0.717) is 0 Å². The van der Waals surface area contributed by atoms with Crippen molar-refractivity contribution in [1.82, 2.24) is 9.62 Å². The molecule has 0 bridgehead atoms. The lowest BCUT2D eigenvalue weighted by Crippen LogP contribution is -2.53. The zero-order chi connectivity index (χ0) is 13.3. The molecule has 2 amide bonds. The Labute approximate surface area is 105 Å². The summed E-state index contributed by atoms with van der Waals surface area (Å²) in [6, 6.07) is 6.34. The van der Waals surface area contributed by atoms with E-state index in [1.165, 1.54) is 12.1 Å². The summed E-state index contributed by atoms with van der Waals surface area (Å²) in [5, 5.41) is 2.06. The van der Waals surface area contributed by atoms with Crippen LogP contribution in [0, 0.1) is 6.92 Å². The molecule has 6 nitrogen and oxygen atoms in total. The minimum absolute atomic E-state index is 0.0880. The van der Waals surface area contributed by atoms with Crippen LogP contribution in [0.2, 0.25) is 0 Å². The summed E-state index contributed by atoms with van der Waals surface area (Å²) in [6.07, 6.45) is 0. The number of piperazine rings is 1. The first-order valence-electron chi connectivity index (χ1n) is 5.29. The zero-order valence-corrected chi connectivity index (χ0v) is 10.5. The highest BCUT2D eigenvalue weighted by molar-refractivity contribution is 7.89. The predicted octanol–water partition coefficient (Wildman–Crippen LogP) is -0.358. The van der Waals surface area contributed by atoms with Gasteiger partial charge in [0.1, 0.15) is 0 Å². The second-order valence-electron chi connectivity index (χ2n) is 4.06. The van der Waals surface area contributed by atoms with E-state index in [0.717, 1.165) is 9.87 Å². The van der Waals surface area contributed by atoms with E-state index in [4.69, 9.17) is 0 Å². The van der Waals surface area contributed by atoms with Crippen LogP contribution in [0.15, 0.2) is 29.2 Å². The summed E-state index contributed by atoms with van der Waals surface area (Å²) in [5.74, 6) is -1.22. The highest BCUT2D eigenvalue weighted by atomic mass is 32.2. The first kappa shape index (κ1) is 12.7. The summed E-state index contributed by atoms with van der Waals surface area (Å²) >= 11 is 0. The Morgan fingerprint density at radius 3 is 2.33 bits per heavy atom. The number of rotatable bonds is 2. The molecule has 1 fully saturated rings. The maximum atomic E-state index is 12.2. The van der Waals surface area contributed by atoms with Crippen molar-refractivity contribution >= 4 is 21.8 Å². The van der Waals surface area contributed by atoms with Gasteiger partial charge in [-0.2, -0.15) is 4.31 Å². The van der Waals surface area contributed by atoms with Crippen LogP contribution in [-0.4, -0.2) is 37.6 Å². The fourth-order valence-electron chi connectivity index (χ4n) is 1.71. The van der Waals surface area contributed by atoms with Crippen LogP contribution in [0.4, 0.5) is 0 Å². The lowest BCUT2D eigenvalue weighted by molar-refractivity contribution is -0.134. The van der Waals surface area contributed by atoms with Gasteiger partial charge in [-0.05, 0) is 24.6 Å². The third kappa shape index (κ3) is 2.41. The van der Waals surface area contributed by atoms with Crippen molar-refractivity contribution in [3.05, 3.63) is 29.8 Å². The van der Waals surface area contributed by atoms with Crippen LogP contribution >= 0.6 is 0 Å². The van der Waals surface area contributed by atoms with Crippen LogP contribution in [0.5, 0.6) is 0 Å². The molecule has 0 atom stereocenters. The number of nitrogens with one attached hydrogen (secondary N) is 1. The normalized spacial score (nSPS) is 17.6. The fraction of sp³-hybridized carbons (Fsp3) is 0.273. The van der Waals surface area contributed by atoms with Crippen molar-refractivity contribution in [2.45, 2.75) is 11.8 Å². The second kappa shape index (κ2) is 4.51. The first-order valence-corrected chi connectivity index (χ1v) is 6.73. The Kier molecular flexibility index (Phi) is 3.18. The Morgan fingerprint density at radius 1 is 1.17 bits per heavy atom. The van der Waals surface area contributed by atoms with Gasteiger partial charge < -0.3 is 0 Å². The van der Waals surface area contributed by atoms with Crippen molar-refractivity contribution in [3.8, 4) is 0 Å². The van der Waals surface area contributed by atoms with Crippen LogP contribution < -0.4 is 5.32 Å². The van der Waals surface area contributed by atoms with E-state index in [1.807, 2.05) is 0 Å². The molecule has 0 aromatic heterocycles. The van der Waals surface area contributed by atoms with Crippen LogP contribution in [0.3, 0.4) is 0 Å². The van der Waals surface area contributed by atoms with E-state index in [9.17, 15) is 18.0 Å². The summed E-state index contributed by atoms with van der Waals surface area (Å²) in [6.45, 7) is 1.11. The molecule has 18 heavy (non-hydrogen) atoms. The maximum Gasteiger partial charge on any atom is 0.244 e. The molecule has 0 saturated carbocycles. The summed E-state index contributed by atoms with van der Waals surface area (Å²) in [5.41, 5.74) is 0.795. The van der Waals surface area contributed by atoms with Gasteiger partial charge >= 0.3 is 0 Å². The number of hydrogen-bond donors (Lipinski definition) is 1. The highest BCUT2D eigenvalue weighted by Gasteiger charge is 2.32. The second-order valence-corrected chi connectivity index (χ2v) is 6.00. The van der Waals surface area contributed by atoms with Crippen LogP contribution in [0.25, 0.3) is 0 Å². The number of carbonyl (C=O) groups excluding carboxylic acids is 2. The topological polar surface area (TPSA) is 83.6 Å². The van der Waals surface area contributed by atoms with Crippen molar-refractivity contribution in [2.75, 3.05) is 13.1 Å². The molecule has 1 aromatic carbocycles. The number of amides is 2. The molecule has 0 aliphatic carbocycles. The van der Waals surface area contributed by atoms with Crippen molar-refractivity contribution in [1.29, 1.82) is 0 Å². The summed E-state index contributed by atoms with van der Waals surface area (Å²) < 4.78 is 25.3. The van der Waals surface area contributed by atoms with Crippen molar-refractivity contribution in [2.24, 2.45) is 0 Å². The van der Waals surface area contributed by atoms with Gasteiger partial charge in [-0.1, -0.05) is 12.1 Å². The molecule has 0 unspecified atom stereocenters. The molecule has 1 aromatic rings. The van der Waals surface area contributed by atoms with Crippen molar-refractivity contribution < 1.29 is 18.0 Å². The number of nitrogens with zero attached hydrogens (tertiary/aromatic N) is 1. The molecular formula is C11H12N2O4S. The third-order valence-electron chi connectivity index (χ3n) is 2.55. The smallest absolute Gasteiger partial charge is 0.244 e. The molecule has 1 aliphatic heterocycles. The number of imide groups is 1. The Hall–Kier alpha value is -1.73. The molecule has 7 heteroatoms. The van der Waals surface area contributed by atoms with E-state index < -0.39 is 21.8 Å². The molecule has 0 spiro atoms. The molecule has 96 valence electrons. The maximum absolute atomic E-state index is 12.2. The third-order valence-corrected chi connectivity index (χ3v) is 4.33. The van der Waals surface area contributed by atoms with E-state index in [1.54, 1.807) is 19.1 Å². The zero-order valence-electron chi connectivity index (χ0n) is 9.71. The molecule has 1 saturated heterocycles. The first-order chi connectivity index (χ1) is 8.39. The van der Waals surface area contributed by atoms with Gasteiger partial charge in [0.05, 0.1) is 18.0 Å². The van der Waals surface area contributed by atoms with Gasteiger partial charge in [0.2, 0.25) is 21.8 Å². The number of sulfonamides is 1. The van der Waals surface area contributed by atoms with E-state index in [-0.39, 0.29) is 18.0 Å². The standard InChI is InChI=1S/C11H12N2O4S/c1-8-3-2-4-9(5-8)18(16,17)13-6-10(14)12-11(15)7-13/h2-5H,6-7H2,1H3,(H,12,14,15). The lowest BCUT2D eigenvalue weighted by Gasteiger charge is -2.24.